The maximum Gasteiger partial charge on any atom is 0.430 e. The minimum absolute atomic E-state index is 0.0175. The van der Waals surface area contributed by atoms with Crippen molar-refractivity contribution in [3.63, 3.8) is 0 Å². The first-order chi connectivity index (χ1) is 12.4. The Labute approximate surface area is 149 Å². The third-order valence-electron chi connectivity index (χ3n) is 3.91. The zero-order valence-corrected chi connectivity index (χ0v) is 14.4. The lowest BCUT2D eigenvalue weighted by atomic mass is 9.91. The zero-order chi connectivity index (χ0) is 20.6. The van der Waals surface area contributed by atoms with Crippen LogP contribution >= 0.6 is 0 Å². The molecule has 1 aromatic carbocycles. The molecule has 152 valence electrons. The standard InChI is InChI=1S/C15H16F6N2O4/c1-23(12-22-4-5-27-12)11-9(25-2)6-8(7-10(11)26-3)13(24,14(16,17)18)15(19,20)21/h6-7,24H,4-5H2,1-3H3. The predicted molar refractivity (Wildman–Crippen MR) is 82.2 cm³/mol. The number of aliphatic imine (C=N–C) groups is 1. The summed E-state index contributed by atoms with van der Waals surface area (Å²) < 4.78 is 94.1. The lowest BCUT2D eigenvalue weighted by Gasteiger charge is -2.34. The lowest BCUT2D eigenvalue weighted by Crippen LogP contribution is -2.54. The number of amidine groups is 1. The van der Waals surface area contributed by atoms with Crippen molar-refractivity contribution in [2.24, 2.45) is 4.99 Å². The summed E-state index contributed by atoms with van der Waals surface area (Å²) in [7, 11) is 3.52. The molecule has 1 heterocycles. The number of rotatable bonds is 4. The molecule has 0 saturated carbocycles. The fourth-order valence-corrected chi connectivity index (χ4v) is 2.54. The van der Waals surface area contributed by atoms with Gasteiger partial charge < -0.3 is 19.3 Å². The summed E-state index contributed by atoms with van der Waals surface area (Å²) in [5.41, 5.74) is -6.63. The highest BCUT2D eigenvalue weighted by Gasteiger charge is 2.71. The van der Waals surface area contributed by atoms with Gasteiger partial charge in [0.1, 0.15) is 23.8 Å². The van der Waals surface area contributed by atoms with Crippen molar-refractivity contribution >= 4 is 11.7 Å². The van der Waals surface area contributed by atoms with Gasteiger partial charge in [-0.1, -0.05) is 0 Å². The molecule has 0 bridgehead atoms. The van der Waals surface area contributed by atoms with Gasteiger partial charge in [-0.15, -0.1) is 0 Å². The van der Waals surface area contributed by atoms with Crippen LogP contribution in [0.1, 0.15) is 5.56 Å². The molecule has 0 fully saturated rings. The lowest BCUT2D eigenvalue weighted by molar-refractivity contribution is -0.376. The number of ether oxygens (including phenoxy) is 3. The van der Waals surface area contributed by atoms with E-state index in [-0.39, 0.29) is 18.3 Å². The summed E-state index contributed by atoms with van der Waals surface area (Å²) in [6, 6.07) is 0.983. The fourth-order valence-electron chi connectivity index (χ4n) is 2.54. The Kier molecular flexibility index (Phi) is 5.41. The van der Waals surface area contributed by atoms with E-state index in [0.29, 0.717) is 18.7 Å². The number of anilines is 1. The van der Waals surface area contributed by atoms with E-state index in [1.165, 1.54) is 11.9 Å². The number of halogens is 6. The van der Waals surface area contributed by atoms with E-state index in [1.54, 1.807) is 0 Å². The molecular formula is C15H16F6N2O4. The van der Waals surface area contributed by atoms with Gasteiger partial charge in [0.15, 0.2) is 0 Å². The van der Waals surface area contributed by atoms with Crippen molar-refractivity contribution in [2.45, 2.75) is 18.0 Å². The van der Waals surface area contributed by atoms with Gasteiger partial charge in [-0.25, -0.2) is 4.99 Å². The highest BCUT2D eigenvalue weighted by molar-refractivity contribution is 5.95. The number of alkyl halides is 6. The van der Waals surface area contributed by atoms with Crippen LogP contribution in [0.15, 0.2) is 17.1 Å². The molecule has 0 spiro atoms. The topological polar surface area (TPSA) is 63.5 Å². The minimum Gasteiger partial charge on any atom is -0.494 e. The van der Waals surface area contributed by atoms with Gasteiger partial charge in [-0.05, 0) is 12.1 Å². The average Bonchev–Trinajstić information content (AvgIpc) is 3.11. The molecule has 0 saturated heterocycles. The van der Waals surface area contributed by atoms with Crippen LogP contribution in [0, 0.1) is 0 Å². The van der Waals surface area contributed by atoms with Crippen molar-refractivity contribution in [1.29, 1.82) is 0 Å². The number of benzene rings is 1. The van der Waals surface area contributed by atoms with Crippen LogP contribution in [0.25, 0.3) is 0 Å². The summed E-state index contributed by atoms with van der Waals surface area (Å²) in [4.78, 5) is 5.27. The van der Waals surface area contributed by atoms with Crippen molar-refractivity contribution in [2.75, 3.05) is 39.3 Å². The number of nitrogens with zero attached hydrogens (tertiary/aromatic N) is 2. The third kappa shape index (κ3) is 3.45. The van der Waals surface area contributed by atoms with E-state index in [9.17, 15) is 31.4 Å². The molecule has 0 atom stereocenters. The molecule has 0 aliphatic carbocycles. The summed E-state index contributed by atoms with van der Waals surface area (Å²) in [6.45, 7) is 0.606. The van der Waals surface area contributed by atoms with Crippen molar-refractivity contribution in [3.05, 3.63) is 17.7 Å². The number of methoxy groups -OCH3 is 2. The van der Waals surface area contributed by atoms with Crippen LogP contribution in [-0.4, -0.2) is 57.9 Å². The van der Waals surface area contributed by atoms with Gasteiger partial charge in [-0.3, -0.25) is 4.90 Å². The van der Waals surface area contributed by atoms with Gasteiger partial charge in [0.05, 0.1) is 20.8 Å². The maximum atomic E-state index is 13.2. The van der Waals surface area contributed by atoms with Gasteiger partial charge >= 0.3 is 12.4 Å². The van der Waals surface area contributed by atoms with E-state index >= 15 is 0 Å². The Hall–Kier alpha value is -2.37. The van der Waals surface area contributed by atoms with Crippen LogP contribution in [0.3, 0.4) is 0 Å². The second kappa shape index (κ2) is 6.98. The van der Waals surface area contributed by atoms with Gasteiger partial charge in [0.2, 0.25) is 0 Å². The molecule has 2 rings (SSSR count). The number of hydrogen-bond donors (Lipinski definition) is 1. The molecule has 0 aromatic heterocycles. The van der Waals surface area contributed by atoms with Crippen molar-refractivity contribution in [1.82, 2.24) is 0 Å². The van der Waals surface area contributed by atoms with E-state index in [2.05, 4.69) is 4.99 Å². The SMILES string of the molecule is COc1cc(C(O)(C(F)(F)F)C(F)(F)F)cc(OC)c1N(C)C1=NCCO1. The number of hydrogen-bond acceptors (Lipinski definition) is 6. The minimum atomic E-state index is -6.03. The van der Waals surface area contributed by atoms with Gasteiger partial charge in [0, 0.05) is 12.6 Å². The summed E-state index contributed by atoms with van der Waals surface area (Å²) in [5, 5.41) is 9.61. The molecule has 1 N–H and O–H groups in total. The predicted octanol–water partition coefficient (Wildman–Crippen LogP) is 2.84. The van der Waals surface area contributed by atoms with Crippen LogP contribution in [-0.2, 0) is 10.3 Å². The summed E-state index contributed by atoms with van der Waals surface area (Å²) >= 11 is 0. The first-order valence-corrected chi connectivity index (χ1v) is 7.41. The maximum absolute atomic E-state index is 13.2. The molecule has 27 heavy (non-hydrogen) atoms. The largest absolute Gasteiger partial charge is 0.494 e. The smallest absolute Gasteiger partial charge is 0.430 e. The van der Waals surface area contributed by atoms with Crippen LogP contribution in [0.4, 0.5) is 32.0 Å². The first kappa shape index (κ1) is 20.9. The summed E-state index contributed by atoms with van der Waals surface area (Å²) in [6.07, 6.45) is -12.1. The molecule has 6 nitrogen and oxygen atoms in total. The Balaban J connectivity index is 2.71. The highest BCUT2D eigenvalue weighted by atomic mass is 19.4. The van der Waals surface area contributed by atoms with Crippen LogP contribution in [0.2, 0.25) is 0 Å². The molecule has 0 radical (unpaired) electrons. The number of aliphatic hydroxyl groups is 1. The molecule has 12 heteroatoms. The normalized spacial score (nSPS) is 15.3. The van der Waals surface area contributed by atoms with Gasteiger partial charge in [-0.2, -0.15) is 26.3 Å². The Morgan fingerprint density at radius 1 is 1.04 bits per heavy atom. The summed E-state index contributed by atoms with van der Waals surface area (Å²) in [5.74, 6) is -0.811. The zero-order valence-electron chi connectivity index (χ0n) is 14.4. The second-order valence-corrected chi connectivity index (χ2v) is 5.51. The molecule has 0 unspecified atom stereocenters. The monoisotopic (exact) mass is 402 g/mol. The van der Waals surface area contributed by atoms with E-state index in [4.69, 9.17) is 14.2 Å². The van der Waals surface area contributed by atoms with E-state index < -0.39 is 35.0 Å². The Morgan fingerprint density at radius 2 is 1.52 bits per heavy atom. The molecule has 1 aromatic rings. The van der Waals surface area contributed by atoms with Gasteiger partial charge in [0.25, 0.3) is 11.6 Å². The third-order valence-corrected chi connectivity index (χ3v) is 3.91. The second-order valence-electron chi connectivity index (χ2n) is 5.51. The van der Waals surface area contributed by atoms with Crippen LogP contribution < -0.4 is 14.4 Å². The molecule has 1 aliphatic rings. The Bertz CT molecular complexity index is 693. The molecule has 0 amide bonds. The average molecular weight is 402 g/mol. The van der Waals surface area contributed by atoms with Crippen molar-refractivity contribution in [3.8, 4) is 11.5 Å². The van der Waals surface area contributed by atoms with Crippen LogP contribution in [0.5, 0.6) is 11.5 Å². The van der Waals surface area contributed by atoms with E-state index in [0.717, 1.165) is 14.2 Å². The van der Waals surface area contributed by atoms with Crippen molar-refractivity contribution < 1.29 is 45.7 Å². The molecule has 1 aliphatic heterocycles. The molecular weight excluding hydrogens is 386 g/mol. The highest BCUT2D eigenvalue weighted by Crippen LogP contribution is 2.53. The quantitative estimate of drug-likeness (QED) is 0.785. The Morgan fingerprint density at radius 3 is 1.85 bits per heavy atom. The fraction of sp³-hybridized carbons (Fsp3) is 0.533. The first-order valence-electron chi connectivity index (χ1n) is 7.41. The van der Waals surface area contributed by atoms with E-state index in [1.807, 2.05) is 0 Å².